The van der Waals surface area contributed by atoms with Gasteiger partial charge in [0.2, 0.25) is 5.91 Å². The average molecular weight is 424 g/mol. The van der Waals surface area contributed by atoms with Crippen LogP contribution in [0.4, 0.5) is 0 Å². The molecule has 29 heavy (non-hydrogen) atoms. The van der Waals surface area contributed by atoms with Gasteiger partial charge in [0.05, 0.1) is 6.54 Å². The third-order valence-corrected chi connectivity index (χ3v) is 5.72. The summed E-state index contributed by atoms with van der Waals surface area (Å²) < 4.78 is 6.12. The smallest absolute Gasteiger partial charge is 0.263 e. The van der Waals surface area contributed by atoms with E-state index >= 15 is 0 Å². The van der Waals surface area contributed by atoms with Crippen LogP contribution in [0.25, 0.3) is 0 Å². The van der Waals surface area contributed by atoms with Crippen LogP contribution in [0.3, 0.4) is 0 Å². The highest BCUT2D eigenvalue weighted by Crippen LogP contribution is 2.29. The Balaban J connectivity index is 0.00000300. The molecule has 3 rings (SSSR count). The number of piperazine rings is 1. The second kappa shape index (κ2) is 10.3. The Bertz CT molecular complexity index is 725. The van der Waals surface area contributed by atoms with Crippen molar-refractivity contribution in [2.45, 2.75) is 58.6 Å². The fourth-order valence-corrected chi connectivity index (χ4v) is 4.14. The molecule has 7 heteroatoms. The van der Waals surface area contributed by atoms with Gasteiger partial charge < -0.3 is 19.9 Å². The fraction of sp³-hybridized carbons (Fsp3) is 0.636. The van der Waals surface area contributed by atoms with Crippen LogP contribution in [0.5, 0.6) is 5.75 Å². The molecule has 0 bridgehead atoms. The predicted octanol–water partition coefficient (Wildman–Crippen LogP) is 2.73. The van der Waals surface area contributed by atoms with E-state index in [4.69, 9.17) is 4.74 Å². The Morgan fingerprint density at radius 3 is 2.69 bits per heavy atom. The molecular formula is C22H34ClN3O3. The molecule has 0 saturated carbocycles. The lowest BCUT2D eigenvalue weighted by Gasteiger charge is -2.41. The summed E-state index contributed by atoms with van der Waals surface area (Å²) >= 11 is 0. The van der Waals surface area contributed by atoms with Gasteiger partial charge in [0.15, 0.2) is 6.10 Å². The SMILES string of the molecule is Cc1ccc(C(C)C)c(OC(C)C(=O)N2CCCC(N3CCNCC3=O)C2)c1.Cl. The van der Waals surface area contributed by atoms with Crippen molar-refractivity contribution in [1.29, 1.82) is 0 Å². The summed E-state index contributed by atoms with van der Waals surface area (Å²) in [5.41, 5.74) is 2.24. The first-order chi connectivity index (χ1) is 13.4. The molecule has 2 atom stereocenters. The first kappa shape index (κ1) is 23.5. The number of hydrogen-bond acceptors (Lipinski definition) is 4. The number of hydrogen-bond donors (Lipinski definition) is 1. The Hall–Kier alpha value is -1.79. The number of likely N-dealkylation sites (tertiary alicyclic amines) is 1. The topological polar surface area (TPSA) is 61.9 Å². The molecule has 0 aliphatic carbocycles. The Kier molecular flexibility index (Phi) is 8.34. The maximum Gasteiger partial charge on any atom is 0.263 e. The lowest BCUT2D eigenvalue weighted by Crippen LogP contribution is -2.58. The average Bonchev–Trinajstić information content (AvgIpc) is 2.67. The van der Waals surface area contributed by atoms with E-state index in [1.165, 1.54) is 0 Å². The molecule has 2 heterocycles. The number of amides is 2. The van der Waals surface area contributed by atoms with Crippen LogP contribution in [0.2, 0.25) is 0 Å². The summed E-state index contributed by atoms with van der Waals surface area (Å²) in [6, 6.07) is 6.29. The van der Waals surface area contributed by atoms with E-state index in [-0.39, 0.29) is 30.3 Å². The molecule has 0 radical (unpaired) electrons. The quantitative estimate of drug-likeness (QED) is 0.791. The minimum absolute atomic E-state index is 0. The van der Waals surface area contributed by atoms with Gasteiger partial charge in [-0.05, 0) is 49.8 Å². The highest BCUT2D eigenvalue weighted by Gasteiger charge is 2.33. The van der Waals surface area contributed by atoms with Gasteiger partial charge >= 0.3 is 0 Å². The summed E-state index contributed by atoms with van der Waals surface area (Å²) in [5, 5.41) is 3.11. The second-order valence-corrected chi connectivity index (χ2v) is 8.30. The number of nitrogens with one attached hydrogen (secondary N) is 1. The Labute approximate surface area is 180 Å². The third-order valence-electron chi connectivity index (χ3n) is 5.72. The molecule has 6 nitrogen and oxygen atoms in total. The Morgan fingerprint density at radius 1 is 1.24 bits per heavy atom. The molecule has 2 saturated heterocycles. The van der Waals surface area contributed by atoms with Crippen molar-refractivity contribution >= 4 is 24.2 Å². The van der Waals surface area contributed by atoms with E-state index in [1.54, 1.807) is 0 Å². The Morgan fingerprint density at radius 2 is 2.00 bits per heavy atom. The molecule has 1 aromatic rings. The van der Waals surface area contributed by atoms with E-state index < -0.39 is 6.10 Å². The molecule has 162 valence electrons. The van der Waals surface area contributed by atoms with E-state index in [2.05, 4.69) is 31.3 Å². The summed E-state index contributed by atoms with van der Waals surface area (Å²) in [6.45, 7) is 11.4. The lowest BCUT2D eigenvalue weighted by molar-refractivity contribution is -0.144. The van der Waals surface area contributed by atoms with E-state index in [0.717, 1.165) is 49.4 Å². The van der Waals surface area contributed by atoms with Crippen LogP contribution >= 0.6 is 12.4 Å². The minimum Gasteiger partial charge on any atom is -0.481 e. The molecule has 2 fully saturated rings. The number of piperidine rings is 1. The van der Waals surface area contributed by atoms with Crippen LogP contribution in [-0.4, -0.2) is 66.5 Å². The van der Waals surface area contributed by atoms with Crippen LogP contribution in [0.15, 0.2) is 18.2 Å². The van der Waals surface area contributed by atoms with Gasteiger partial charge in [-0.15, -0.1) is 12.4 Å². The van der Waals surface area contributed by atoms with Crippen molar-refractivity contribution in [1.82, 2.24) is 15.1 Å². The molecule has 0 spiro atoms. The number of carbonyl (C=O) groups excluding carboxylic acids is 2. The zero-order valence-corrected chi connectivity index (χ0v) is 18.8. The normalized spacial score (nSPS) is 21.0. The van der Waals surface area contributed by atoms with E-state index in [0.29, 0.717) is 19.0 Å². The number of nitrogens with zero attached hydrogens (tertiary/aromatic N) is 2. The fourth-order valence-electron chi connectivity index (χ4n) is 4.14. The van der Waals surface area contributed by atoms with Gasteiger partial charge in [-0.3, -0.25) is 9.59 Å². The second-order valence-electron chi connectivity index (χ2n) is 8.30. The molecular weight excluding hydrogens is 390 g/mol. The summed E-state index contributed by atoms with van der Waals surface area (Å²) in [4.78, 5) is 29.1. The minimum atomic E-state index is -0.545. The van der Waals surface area contributed by atoms with Crippen molar-refractivity contribution in [3.05, 3.63) is 29.3 Å². The van der Waals surface area contributed by atoms with Crippen molar-refractivity contribution < 1.29 is 14.3 Å². The van der Waals surface area contributed by atoms with Crippen LogP contribution in [-0.2, 0) is 9.59 Å². The first-order valence-electron chi connectivity index (χ1n) is 10.4. The number of aryl methyl sites for hydroxylation is 1. The number of halogens is 1. The highest BCUT2D eigenvalue weighted by molar-refractivity contribution is 5.85. The van der Waals surface area contributed by atoms with Gasteiger partial charge in [0.1, 0.15) is 5.75 Å². The molecule has 2 aliphatic heterocycles. The standard InChI is InChI=1S/C22H33N3O3.ClH/c1-15(2)19-8-7-16(3)12-20(19)28-17(4)22(27)24-10-5-6-18(14-24)25-11-9-23-13-21(25)26;/h7-8,12,15,17-18,23H,5-6,9-11,13-14H2,1-4H3;1H. The van der Waals surface area contributed by atoms with Gasteiger partial charge in [-0.2, -0.15) is 0 Å². The van der Waals surface area contributed by atoms with Gasteiger partial charge in [-0.25, -0.2) is 0 Å². The number of carbonyl (C=O) groups is 2. The zero-order valence-electron chi connectivity index (χ0n) is 17.9. The molecule has 2 amide bonds. The van der Waals surface area contributed by atoms with Crippen LogP contribution < -0.4 is 10.1 Å². The van der Waals surface area contributed by atoms with Gasteiger partial charge in [0.25, 0.3) is 5.91 Å². The largest absolute Gasteiger partial charge is 0.481 e. The lowest BCUT2D eigenvalue weighted by atomic mass is 10.0. The van der Waals surface area contributed by atoms with Crippen LogP contribution in [0, 0.1) is 6.92 Å². The molecule has 0 aromatic heterocycles. The predicted molar refractivity (Wildman–Crippen MR) is 117 cm³/mol. The molecule has 2 aliphatic rings. The van der Waals surface area contributed by atoms with E-state index in [9.17, 15) is 9.59 Å². The summed E-state index contributed by atoms with van der Waals surface area (Å²) in [7, 11) is 0. The number of rotatable bonds is 5. The third kappa shape index (κ3) is 5.64. The van der Waals surface area contributed by atoms with Gasteiger partial charge in [0, 0.05) is 32.2 Å². The van der Waals surface area contributed by atoms with Crippen molar-refractivity contribution in [3.63, 3.8) is 0 Å². The zero-order chi connectivity index (χ0) is 20.3. The van der Waals surface area contributed by atoms with Crippen molar-refractivity contribution in [2.24, 2.45) is 0 Å². The monoisotopic (exact) mass is 423 g/mol. The highest BCUT2D eigenvalue weighted by atomic mass is 35.5. The molecule has 1 N–H and O–H groups in total. The van der Waals surface area contributed by atoms with Crippen molar-refractivity contribution in [3.8, 4) is 5.75 Å². The summed E-state index contributed by atoms with van der Waals surface area (Å²) in [6.07, 6.45) is 1.33. The number of benzene rings is 1. The summed E-state index contributed by atoms with van der Waals surface area (Å²) in [5.74, 6) is 1.26. The van der Waals surface area contributed by atoms with Crippen LogP contribution in [0.1, 0.15) is 50.7 Å². The molecule has 1 aromatic carbocycles. The number of ether oxygens (including phenoxy) is 1. The molecule has 2 unspecified atom stereocenters. The van der Waals surface area contributed by atoms with Gasteiger partial charge in [-0.1, -0.05) is 26.0 Å². The van der Waals surface area contributed by atoms with E-state index in [1.807, 2.05) is 29.7 Å². The maximum atomic E-state index is 13.1. The van der Waals surface area contributed by atoms with Crippen molar-refractivity contribution in [2.75, 3.05) is 32.7 Å². The maximum absolute atomic E-state index is 13.1. The first-order valence-corrected chi connectivity index (χ1v) is 10.4.